The molecule has 1 aromatic heterocycles. The summed E-state index contributed by atoms with van der Waals surface area (Å²) in [7, 11) is 0. The zero-order valence-corrected chi connectivity index (χ0v) is 12.3. The second kappa shape index (κ2) is 7.41. The highest BCUT2D eigenvalue weighted by molar-refractivity contribution is 6.34. The standard InChI is InChI=1S/C13H19Cl2N3O/c14-12-6-13(15)17-7-10(12)8-18(4-5-19)9-11-2-1-3-16-11/h6-7,11,16,19H,1-5,8-9H2. The molecule has 0 spiro atoms. The van der Waals surface area contributed by atoms with Gasteiger partial charge in [0.1, 0.15) is 5.15 Å². The maximum Gasteiger partial charge on any atom is 0.130 e. The quantitative estimate of drug-likeness (QED) is 0.789. The minimum absolute atomic E-state index is 0.144. The van der Waals surface area contributed by atoms with E-state index in [1.807, 2.05) is 0 Å². The van der Waals surface area contributed by atoms with Gasteiger partial charge < -0.3 is 10.4 Å². The van der Waals surface area contributed by atoms with Crippen molar-refractivity contribution in [3.05, 3.63) is 28.0 Å². The maximum absolute atomic E-state index is 9.17. The van der Waals surface area contributed by atoms with Crippen molar-refractivity contribution in [3.8, 4) is 0 Å². The fourth-order valence-electron chi connectivity index (χ4n) is 2.39. The molecule has 1 aliphatic rings. The summed E-state index contributed by atoms with van der Waals surface area (Å²) < 4.78 is 0. The zero-order valence-electron chi connectivity index (χ0n) is 10.8. The first-order chi connectivity index (χ1) is 9.19. The molecule has 1 saturated heterocycles. The molecule has 0 saturated carbocycles. The van der Waals surface area contributed by atoms with E-state index < -0.39 is 0 Å². The second-order valence-electron chi connectivity index (χ2n) is 4.85. The molecule has 0 bridgehead atoms. The van der Waals surface area contributed by atoms with Crippen molar-refractivity contribution in [2.45, 2.75) is 25.4 Å². The summed E-state index contributed by atoms with van der Waals surface area (Å²) in [5.41, 5.74) is 0.942. The SMILES string of the molecule is OCCN(Cc1cnc(Cl)cc1Cl)CC1CCCN1. The smallest absolute Gasteiger partial charge is 0.130 e. The highest BCUT2D eigenvalue weighted by Crippen LogP contribution is 2.20. The first kappa shape index (κ1) is 15.0. The van der Waals surface area contributed by atoms with Crippen LogP contribution in [0.5, 0.6) is 0 Å². The Hall–Kier alpha value is -0.390. The van der Waals surface area contributed by atoms with Gasteiger partial charge in [0, 0.05) is 42.5 Å². The fourth-order valence-corrected chi connectivity index (χ4v) is 2.82. The Balaban J connectivity index is 1.98. The molecule has 1 fully saturated rings. The third-order valence-corrected chi connectivity index (χ3v) is 3.91. The molecule has 4 nitrogen and oxygen atoms in total. The number of aliphatic hydroxyl groups is 1. The molecule has 2 N–H and O–H groups in total. The highest BCUT2D eigenvalue weighted by atomic mass is 35.5. The van der Waals surface area contributed by atoms with Crippen LogP contribution in [-0.2, 0) is 6.54 Å². The average Bonchev–Trinajstić information content (AvgIpc) is 2.86. The van der Waals surface area contributed by atoms with Gasteiger partial charge >= 0.3 is 0 Å². The van der Waals surface area contributed by atoms with E-state index in [1.165, 1.54) is 12.8 Å². The van der Waals surface area contributed by atoms with E-state index in [-0.39, 0.29) is 6.61 Å². The van der Waals surface area contributed by atoms with Crippen molar-refractivity contribution in [1.82, 2.24) is 15.2 Å². The predicted octanol–water partition coefficient (Wildman–Crippen LogP) is 1.93. The van der Waals surface area contributed by atoms with Crippen molar-refractivity contribution < 1.29 is 5.11 Å². The van der Waals surface area contributed by atoms with Gasteiger partial charge in [-0.05, 0) is 25.5 Å². The second-order valence-corrected chi connectivity index (χ2v) is 5.64. The van der Waals surface area contributed by atoms with Gasteiger partial charge in [-0.2, -0.15) is 0 Å². The molecule has 2 heterocycles. The molecule has 1 unspecified atom stereocenters. The van der Waals surface area contributed by atoms with Gasteiger partial charge in [0.15, 0.2) is 0 Å². The van der Waals surface area contributed by atoms with Gasteiger partial charge in [-0.25, -0.2) is 4.98 Å². The molecule has 0 aromatic carbocycles. The van der Waals surface area contributed by atoms with Gasteiger partial charge in [-0.1, -0.05) is 23.2 Å². The van der Waals surface area contributed by atoms with Crippen molar-refractivity contribution in [3.63, 3.8) is 0 Å². The van der Waals surface area contributed by atoms with Crippen LogP contribution in [0.15, 0.2) is 12.3 Å². The van der Waals surface area contributed by atoms with Crippen molar-refractivity contribution in [2.24, 2.45) is 0 Å². The third-order valence-electron chi connectivity index (χ3n) is 3.35. The van der Waals surface area contributed by atoms with Crippen molar-refractivity contribution in [2.75, 3.05) is 26.2 Å². The minimum atomic E-state index is 0.144. The number of hydrogen-bond donors (Lipinski definition) is 2. The molecule has 19 heavy (non-hydrogen) atoms. The monoisotopic (exact) mass is 303 g/mol. The number of nitrogens with zero attached hydrogens (tertiary/aromatic N) is 2. The third kappa shape index (κ3) is 4.58. The van der Waals surface area contributed by atoms with E-state index in [1.54, 1.807) is 12.3 Å². The summed E-state index contributed by atoms with van der Waals surface area (Å²) in [6, 6.07) is 2.16. The Morgan fingerprint density at radius 1 is 1.47 bits per heavy atom. The highest BCUT2D eigenvalue weighted by Gasteiger charge is 2.18. The first-order valence-electron chi connectivity index (χ1n) is 6.55. The lowest BCUT2D eigenvalue weighted by Gasteiger charge is -2.25. The summed E-state index contributed by atoms with van der Waals surface area (Å²) in [4.78, 5) is 6.26. The molecule has 1 atom stereocenters. The number of nitrogens with one attached hydrogen (secondary N) is 1. The topological polar surface area (TPSA) is 48.4 Å². The molecule has 106 valence electrons. The van der Waals surface area contributed by atoms with Crippen LogP contribution in [0.3, 0.4) is 0 Å². The van der Waals surface area contributed by atoms with Crippen molar-refractivity contribution >= 4 is 23.2 Å². The predicted molar refractivity (Wildman–Crippen MR) is 77.6 cm³/mol. The number of aliphatic hydroxyl groups excluding tert-OH is 1. The van der Waals surface area contributed by atoms with Crippen LogP contribution in [0.25, 0.3) is 0 Å². The summed E-state index contributed by atoms with van der Waals surface area (Å²) in [6.07, 6.45) is 4.12. The van der Waals surface area contributed by atoms with Crippen LogP contribution in [0, 0.1) is 0 Å². The Kier molecular flexibility index (Phi) is 5.85. The lowest BCUT2D eigenvalue weighted by Crippen LogP contribution is -2.38. The van der Waals surface area contributed by atoms with Crippen LogP contribution in [0.1, 0.15) is 18.4 Å². The Labute approximate surface area is 123 Å². The number of pyridine rings is 1. The molecular formula is C13H19Cl2N3O. The Bertz CT molecular complexity index is 411. The van der Waals surface area contributed by atoms with Gasteiger partial charge in [0.05, 0.1) is 6.61 Å². The Morgan fingerprint density at radius 3 is 2.95 bits per heavy atom. The minimum Gasteiger partial charge on any atom is -0.395 e. The van der Waals surface area contributed by atoms with E-state index in [0.717, 1.165) is 18.7 Å². The van der Waals surface area contributed by atoms with E-state index in [0.29, 0.717) is 29.3 Å². The average molecular weight is 304 g/mol. The van der Waals surface area contributed by atoms with Crippen LogP contribution in [0.4, 0.5) is 0 Å². The van der Waals surface area contributed by atoms with Gasteiger partial charge in [-0.3, -0.25) is 4.90 Å². The van der Waals surface area contributed by atoms with Crippen LogP contribution in [0.2, 0.25) is 10.2 Å². The molecule has 2 rings (SSSR count). The Morgan fingerprint density at radius 2 is 2.32 bits per heavy atom. The van der Waals surface area contributed by atoms with E-state index >= 15 is 0 Å². The van der Waals surface area contributed by atoms with Crippen LogP contribution in [-0.4, -0.2) is 47.3 Å². The van der Waals surface area contributed by atoms with E-state index in [2.05, 4.69) is 15.2 Å². The molecule has 1 aliphatic heterocycles. The molecule has 6 heteroatoms. The maximum atomic E-state index is 9.17. The lowest BCUT2D eigenvalue weighted by molar-refractivity contribution is 0.179. The largest absolute Gasteiger partial charge is 0.395 e. The summed E-state index contributed by atoms with van der Waals surface area (Å²) >= 11 is 12.0. The molecular weight excluding hydrogens is 285 g/mol. The lowest BCUT2D eigenvalue weighted by atomic mass is 10.2. The van der Waals surface area contributed by atoms with Gasteiger partial charge in [-0.15, -0.1) is 0 Å². The van der Waals surface area contributed by atoms with E-state index in [9.17, 15) is 5.11 Å². The molecule has 0 amide bonds. The fraction of sp³-hybridized carbons (Fsp3) is 0.615. The van der Waals surface area contributed by atoms with Gasteiger partial charge in [0.2, 0.25) is 0 Å². The van der Waals surface area contributed by atoms with Crippen molar-refractivity contribution in [1.29, 1.82) is 0 Å². The zero-order chi connectivity index (χ0) is 13.7. The van der Waals surface area contributed by atoms with Crippen LogP contribution < -0.4 is 5.32 Å². The summed E-state index contributed by atoms with van der Waals surface area (Å²) in [5, 5.41) is 13.7. The number of hydrogen-bond acceptors (Lipinski definition) is 4. The first-order valence-corrected chi connectivity index (χ1v) is 7.31. The van der Waals surface area contributed by atoms with E-state index in [4.69, 9.17) is 23.2 Å². The number of halogens is 2. The molecule has 1 aromatic rings. The number of aromatic nitrogens is 1. The summed E-state index contributed by atoms with van der Waals surface area (Å²) in [6.45, 7) is 3.46. The summed E-state index contributed by atoms with van der Waals surface area (Å²) in [5.74, 6) is 0. The van der Waals surface area contributed by atoms with Gasteiger partial charge in [0.25, 0.3) is 0 Å². The van der Waals surface area contributed by atoms with Crippen LogP contribution >= 0.6 is 23.2 Å². The molecule has 0 radical (unpaired) electrons. The normalized spacial score (nSPS) is 19.3. The number of rotatable bonds is 6. The molecule has 0 aliphatic carbocycles.